The van der Waals surface area contributed by atoms with E-state index in [1.165, 1.54) is 12.1 Å². The van der Waals surface area contributed by atoms with E-state index in [0.717, 1.165) is 16.8 Å². The van der Waals surface area contributed by atoms with Gasteiger partial charge in [0, 0.05) is 24.3 Å². The van der Waals surface area contributed by atoms with E-state index in [1.807, 2.05) is 60.4 Å². The van der Waals surface area contributed by atoms with Crippen molar-refractivity contribution in [2.75, 3.05) is 18.0 Å². The van der Waals surface area contributed by atoms with Crippen molar-refractivity contribution in [3.63, 3.8) is 0 Å². The van der Waals surface area contributed by atoms with Gasteiger partial charge in [-0.05, 0) is 67.6 Å². The Morgan fingerprint density at radius 3 is 1.97 bits per heavy atom. The third kappa shape index (κ3) is 7.09. The minimum Gasteiger partial charge on any atom is -0.369 e. The van der Waals surface area contributed by atoms with Gasteiger partial charge in [0.25, 0.3) is 0 Å². The van der Waals surface area contributed by atoms with Crippen LogP contribution >= 0.6 is 0 Å². The van der Waals surface area contributed by atoms with Crippen LogP contribution in [0.15, 0.2) is 88.0 Å². The number of anilines is 1. The Morgan fingerprint density at radius 1 is 0.818 bits per heavy atom. The fourth-order valence-corrected chi connectivity index (χ4v) is 3.06. The third-order valence-corrected chi connectivity index (χ3v) is 4.83. The van der Waals surface area contributed by atoms with E-state index >= 15 is 0 Å². The van der Waals surface area contributed by atoms with Gasteiger partial charge in [0.1, 0.15) is 5.82 Å². The van der Waals surface area contributed by atoms with Crippen molar-refractivity contribution in [3.8, 4) is 12.1 Å². The van der Waals surface area contributed by atoms with Crippen LogP contribution in [0.3, 0.4) is 0 Å². The molecule has 0 saturated carbocycles. The maximum Gasteiger partial charge on any atom is 0.182 e. The summed E-state index contributed by atoms with van der Waals surface area (Å²) in [6.45, 7) is 3.09. The Morgan fingerprint density at radius 2 is 1.39 bits per heavy atom. The van der Waals surface area contributed by atoms with Gasteiger partial charge < -0.3 is 4.90 Å². The topological polar surface area (TPSA) is 87.9 Å². The van der Waals surface area contributed by atoms with Crippen molar-refractivity contribution in [1.29, 1.82) is 10.5 Å². The standard InChI is InChI=1S/C26H23FN6/c1-20-4-10-24(11-5-20)31-32-26(30-23-12-8-22(27)9-13-23)21-6-14-25(15-7-21)33(18-2-16-28)19-3-17-29/h4-15H,2-3,18-19H2,1H3. The van der Waals surface area contributed by atoms with Gasteiger partial charge in [-0.1, -0.05) is 17.7 Å². The fourth-order valence-electron chi connectivity index (χ4n) is 3.06. The SMILES string of the molecule is Cc1ccc(N=NC(=Nc2ccc(F)cc2)c2ccc(N(CCC#N)CCC#N)cc2)cc1. The number of amidine groups is 1. The minimum atomic E-state index is -0.337. The van der Waals surface area contributed by atoms with Gasteiger partial charge in [-0.2, -0.15) is 10.5 Å². The number of aliphatic imine (C=N–C) groups is 1. The number of nitriles is 2. The maximum absolute atomic E-state index is 13.3. The second kappa shape index (κ2) is 11.9. The predicted molar refractivity (Wildman–Crippen MR) is 127 cm³/mol. The first kappa shape index (κ1) is 23.3. The van der Waals surface area contributed by atoms with Crippen LogP contribution < -0.4 is 4.90 Å². The molecule has 0 atom stereocenters. The normalized spacial score (nSPS) is 11.2. The number of hydrogen-bond donors (Lipinski definition) is 0. The summed E-state index contributed by atoms with van der Waals surface area (Å²) in [5, 5.41) is 26.5. The smallest absolute Gasteiger partial charge is 0.182 e. The van der Waals surface area contributed by atoms with Crippen LogP contribution in [-0.2, 0) is 0 Å². The van der Waals surface area contributed by atoms with Crippen LogP contribution in [-0.4, -0.2) is 18.9 Å². The summed E-state index contributed by atoms with van der Waals surface area (Å²) < 4.78 is 13.3. The van der Waals surface area contributed by atoms with E-state index in [-0.39, 0.29) is 5.82 Å². The zero-order valence-corrected chi connectivity index (χ0v) is 18.3. The van der Waals surface area contributed by atoms with Gasteiger partial charge in [0.15, 0.2) is 5.84 Å². The van der Waals surface area contributed by atoms with Gasteiger partial charge in [0.2, 0.25) is 0 Å². The first-order valence-electron chi connectivity index (χ1n) is 10.5. The van der Waals surface area contributed by atoms with Crippen LogP contribution in [0.4, 0.5) is 21.5 Å². The monoisotopic (exact) mass is 438 g/mol. The number of azo groups is 1. The molecule has 0 aliphatic heterocycles. The molecule has 6 nitrogen and oxygen atoms in total. The van der Waals surface area contributed by atoms with Gasteiger partial charge in [-0.3, -0.25) is 0 Å². The molecule has 0 aliphatic rings. The lowest BCUT2D eigenvalue weighted by molar-refractivity contribution is 0.628. The van der Waals surface area contributed by atoms with Crippen molar-refractivity contribution < 1.29 is 4.39 Å². The summed E-state index contributed by atoms with van der Waals surface area (Å²) in [6, 6.07) is 25.4. The second-order valence-corrected chi connectivity index (χ2v) is 7.30. The zero-order chi connectivity index (χ0) is 23.5. The molecule has 0 radical (unpaired) electrons. The van der Waals surface area contributed by atoms with Gasteiger partial charge in [0.05, 0.1) is 36.4 Å². The predicted octanol–water partition coefficient (Wildman–Crippen LogP) is 6.63. The molecule has 0 saturated heterocycles. The quantitative estimate of drug-likeness (QED) is 0.225. The number of benzene rings is 3. The maximum atomic E-state index is 13.3. The van der Waals surface area contributed by atoms with Gasteiger partial charge in [-0.15, -0.1) is 10.2 Å². The fraction of sp³-hybridized carbons (Fsp3) is 0.192. The van der Waals surface area contributed by atoms with Crippen LogP contribution in [0.2, 0.25) is 0 Å². The van der Waals surface area contributed by atoms with Gasteiger partial charge in [-0.25, -0.2) is 9.38 Å². The second-order valence-electron chi connectivity index (χ2n) is 7.30. The Bertz CT molecular complexity index is 1170. The highest BCUT2D eigenvalue weighted by Gasteiger charge is 2.09. The van der Waals surface area contributed by atoms with E-state index < -0.39 is 0 Å². The molecule has 33 heavy (non-hydrogen) atoms. The minimum absolute atomic E-state index is 0.337. The van der Waals surface area contributed by atoms with E-state index in [0.29, 0.717) is 43.1 Å². The summed E-state index contributed by atoms with van der Waals surface area (Å²) in [5.41, 5.74) is 4.02. The number of aryl methyl sites for hydroxylation is 1. The van der Waals surface area contributed by atoms with E-state index in [2.05, 4.69) is 27.4 Å². The first-order chi connectivity index (χ1) is 16.1. The molecule has 0 bridgehead atoms. The third-order valence-electron chi connectivity index (χ3n) is 4.83. The van der Waals surface area contributed by atoms with Crippen LogP contribution in [0.1, 0.15) is 24.0 Å². The lowest BCUT2D eigenvalue weighted by atomic mass is 10.1. The van der Waals surface area contributed by atoms with Gasteiger partial charge >= 0.3 is 0 Å². The van der Waals surface area contributed by atoms with E-state index in [4.69, 9.17) is 10.5 Å². The average molecular weight is 439 g/mol. The van der Waals surface area contributed by atoms with Crippen LogP contribution in [0, 0.1) is 35.4 Å². The summed E-state index contributed by atoms with van der Waals surface area (Å²) in [7, 11) is 0. The zero-order valence-electron chi connectivity index (χ0n) is 18.3. The Labute approximate surface area is 193 Å². The molecular formula is C26H23FN6. The van der Waals surface area contributed by atoms with Crippen LogP contribution in [0.25, 0.3) is 0 Å². The molecule has 0 aromatic heterocycles. The molecule has 0 aliphatic carbocycles. The summed E-state index contributed by atoms with van der Waals surface area (Å²) in [6.07, 6.45) is 0.741. The van der Waals surface area contributed by atoms with Crippen molar-refractivity contribution in [2.24, 2.45) is 15.2 Å². The highest BCUT2D eigenvalue weighted by molar-refractivity contribution is 6.01. The Balaban J connectivity index is 1.92. The van der Waals surface area contributed by atoms with E-state index in [9.17, 15) is 4.39 Å². The summed E-state index contributed by atoms with van der Waals surface area (Å²) in [5.74, 6) is 0.0466. The molecule has 3 aromatic carbocycles. The highest BCUT2D eigenvalue weighted by atomic mass is 19.1. The lowest BCUT2D eigenvalue weighted by Crippen LogP contribution is -2.25. The molecule has 164 valence electrons. The number of hydrogen-bond acceptors (Lipinski definition) is 5. The molecular weight excluding hydrogens is 415 g/mol. The molecule has 7 heteroatoms. The molecule has 0 unspecified atom stereocenters. The summed E-state index contributed by atoms with van der Waals surface area (Å²) >= 11 is 0. The number of halogens is 1. The number of nitrogens with zero attached hydrogens (tertiary/aromatic N) is 6. The largest absolute Gasteiger partial charge is 0.369 e. The first-order valence-corrected chi connectivity index (χ1v) is 10.5. The Kier molecular flexibility index (Phi) is 8.39. The van der Waals surface area contributed by atoms with E-state index in [1.54, 1.807) is 12.1 Å². The van der Waals surface area contributed by atoms with Crippen molar-refractivity contribution in [3.05, 3.63) is 89.7 Å². The van der Waals surface area contributed by atoms with Crippen molar-refractivity contribution >= 4 is 22.9 Å². The lowest BCUT2D eigenvalue weighted by Gasteiger charge is -2.22. The molecule has 0 spiro atoms. The van der Waals surface area contributed by atoms with Crippen molar-refractivity contribution in [2.45, 2.75) is 19.8 Å². The Hall–Kier alpha value is -4.36. The molecule has 0 fully saturated rings. The average Bonchev–Trinajstić information content (AvgIpc) is 2.84. The molecule has 3 aromatic rings. The molecule has 3 rings (SSSR count). The highest BCUT2D eigenvalue weighted by Crippen LogP contribution is 2.21. The summed E-state index contributed by atoms with van der Waals surface area (Å²) in [4.78, 5) is 6.57. The number of rotatable bonds is 8. The molecule has 0 N–H and O–H groups in total. The molecule has 0 amide bonds. The molecule has 0 heterocycles. The van der Waals surface area contributed by atoms with Crippen molar-refractivity contribution in [1.82, 2.24) is 0 Å². The van der Waals surface area contributed by atoms with Crippen LogP contribution in [0.5, 0.6) is 0 Å².